The maximum Gasteiger partial charge on any atom is 0.234 e. The molecule has 1 aliphatic carbocycles. The molecule has 0 aromatic heterocycles. The average molecular weight is 195 g/mol. The van der Waals surface area contributed by atoms with E-state index in [1.54, 1.807) is 11.9 Å². The molecule has 0 aromatic carbocycles. The monoisotopic (exact) mass is 195 g/mol. The van der Waals surface area contributed by atoms with Gasteiger partial charge in [0.25, 0.3) is 0 Å². The number of carbonyl (C=O) groups is 1. The zero-order chi connectivity index (χ0) is 10.4. The van der Waals surface area contributed by atoms with Crippen molar-refractivity contribution in [2.45, 2.75) is 31.7 Å². The number of nitrogens with zero attached hydrogens (tertiary/aromatic N) is 2. The molecule has 0 spiro atoms. The lowest BCUT2D eigenvalue weighted by molar-refractivity contribution is -0.122. The van der Waals surface area contributed by atoms with E-state index in [0.29, 0.717) is 19.1 Å². The predicted octanol–water partition coefficient (Wildman–Crippen LogP) is 0.501. The lowest BCUT2D eigenvalue weighted by Gasteiger charge is -2.15. The van der Waals surface area contributed by atoms with Gasteiger partial charge in [-0.2, -0.15) is 5.26 Å². The van der Waals surface area contributed by atoms with Gasteiger partial charge in [0.1, 0.15) is 0 Å². The van der Waals surface area contributed by atoms with Crippen molar-refractivity contribution >= 4 is 5.91 Å². The van der Waals surface area contributed by atoms with Crippen LogP contribution in [0.1, 0.15) is 25.7 Å². The van der Waals surface area contributed by atoms with Crippen LogP contribution in [0.2, 0.25) is 0 Å². The first-order chi connectivity index (χ1) is 6.72. The van der Waals surface area contributed by atoms with Crippen molar-refractivity contribution < 1.29 is 4.79 Å². The summed E-state index contributed by atoms with van der Waals surface area (Å²) in [5.41, 5.74) is 0. The van der Waals surface area contributed by atoms with Crippen LogP contribution in [0.15, 0.2) is 0 Å². The molecule has 1 N–H and O–H groups in total. The van der Waals surface area contributed by atoms with Crippen LogP contribution in [0.4, 0.5) is 0 Å². The van der Waals surface area contributed by atoms with Crippen molar-refractivity contribution in [3.63, 3.8) is 0 Å². The first kappa shape index (κ1) is 11.0. The third kappa shape index (κ3) is 3.75. The van der Waals surface area contributed by atoms with Gasteiger partial charge in [-0.15, -0.1) is 0 Å². The summed E-state index contributed by atoms with van der Waals surface area (Å²) in [5.74, 6) is 0.0367. The Labute approximate surface area is 84.9 Å². The number of hydrogen-bond donors (Lipinski definition) is 1. The number of nitriles is 1. The standard InChI is InChI=1S/C10H17N3O/c1-13(7-6-11)8-10(14)12-9-4-2-3-5-9/h9H,2-5,7-8H2,1H3,(H,12,14). The molecule has 1 saturated carbocycles. The second-order valence-corrected chi connectivity index (χ2v) is 3.88. The van der Waals surface area contributed by atoms with E-state index in [2.05, 4.69) is 5.32 Å². The Morgan fingerprint density at radius 2 is 2.21 bits per heavy atom. The van der Waals surface area contributed by atoms with Crippen LogP contribution in [0.25, 0.3) is 0 Å². The summed E-state index contributed by atoms with van der Waals surface area (Å²) in [4.78, 5) is 13.1. The molecule has 4 heteroatoms. The quantitative estimate of drug-likeness (QED) is 0.665. The molecule has 0 radical (unpaired) electrons. The summed E-state index contributed by atoms with van der Waals surface area (Å²) >= 11 is 0. The van der Waals surface area contributed by atoms with E-state index in [9.17, 15) is 4.79 Å². The Balaban J connectivity index is 2.18. The number of rotatable bonds is 4. The molecule has 1 fully saturated rings. The fourth-order valence-electron chi connectivity index (χ4n) is 1.77. The highest BCUT2D eigenvalue weighted by Gasteiger charge is 2.17. The first-order valence-electron chi connectivity index (χ1n) is 5.07. The van der Waals surface area contributed by atoms with Crippen molar-refractivity contribution in [1.29, 1.82) is 5.26 Å². The maximum atomic E-state index is 11.4. The Morgan fingerprint density at radius 3 is 2.79 bits per heavy atom. The Kier molecular flexibility index (Phi) is 4.41. The largest absolute Gasteiger partial charge is 0.352 e. The number of carbonyl (C=O) groups excluding carboxylic acids is 1. The summed E-state index contributed by atoms with van der Waals surface area (Å²) in [6, 6.07) is 2.39. The lowest BCUT2D eigenvalue weighted by Crippen LogP contribution is -2.39. The van der Waals surface area contributed by atoms with Gasteiger partial charge >= 0.3 is 0 Å². The van der Waals surface area contributed by atoms with Gasteiger partial charge in [-0.05, 0) is 19.9 Å². The van der Waals surface area contributed by atoms with Gasteiger partial charge in [0.15, 0.2) is 0 Å². The summed E-state index contributed by atoms with van der Waals surface area (Å²) in [6.45, 7) is 0.627. The zero-order valence-corrected chi connectivity index (χ0v) is 8.62. The molecule has 0 aromatic rings. The van der Waals surface area contributed by atoms with Crippen molar-refractivity contribution in [3.8, 4) is 6.07 Å². The SMILES string of the molecule is CN(CC#N)CC(=O)NC1CCCC1. The molecular weight excluding hydrogens is 178 g/mol. The van der Waals surface area contributed by atoms with Gasteiger partial charge in [0.2, 0.25) is 5.91 Å². The molecule has 0 heterocycles. The van der Waals surface area contributed by atoms with Crippen LogP contribution in [0, 0.1) is 11.3 Å². The zero-order valence-electron chi connectivity index (χ0n) is 8.62. The van der Waals surface area contributed by atoms with E-state index >= 15 is 0 Å². The van der Waals surface area contributed by atoms with Crippen molar-refractivity contribution in [2.75, 3.05) is 20.1 Å². The topological polar surface area (TPSA) is 56.1 Å². The van der Waals surface area contributed by atoms with E-state index in [-0.39, 0.29) is 5.91 Å². The molecule has 78 valence electrons. The van der Waals surface area contributed by atoms with Gasteiger partial charge < -0.3 is 5.32 Å². The minimum atomic E-state index is 0.0367. The average Bonchev–Trinajstić information content (AvgIpc) is 2.56. The molecule has 0 aliphatic heterocycles. The van der Waals surface area contributed by atoms with E-state index in [1.165, 1.54) is 12.8 Å². The fraction of sp³-hybridized carbons (Fsp3) is 0.800. The van der Waals surface area contributed by atoms with Crippen LogP contribution in [0.3, 0.4) is 0 Å². The molecule has 4 nitrogen and oxygen atoms in total. The molecule has 1 amide bonds. The molecule has 0 saturated heterocycles. The van der Waals surface area contributed by atoms with Crippen LogP contribution in [-0.4, -0.2) is 37.0 Å². The van der Waals surface area contributed by atoms with Gasteiger partial charge in [0.05, 0.1) is 19.2 Å². The molecule has 1 rings (SSSR count). The Morgan fingerprint density at radius 1 is 1.57 bits per heavy atom. The molecule has 1 aliphatic rings. The Hall–Kier alpha value is -1.08. The fourth-order valence-corrected chi connectivity index (χ4v) is 1.77. The normalized spacial score (nSPS) is 16.9. The highest BCUT2D eigenvalue weighted by molar-refractivity contribution is 5.78. The summed E-state index contributed by atoms with van der Waals surface area (Å²) in [6.07, 6.45) is 4.65. The van der Waals surface area contributed by atoms with Crippen LogP contribution in [0.5, 0.6) is 0 Å². The molecule has 0 atom stereocenters. The van der Waals surface area contributed by atoms with Gasteiger partial charge in [0, 0.05) is 6.04 Å². The summed E-state index contributed by atoms with van der Waals surface area (Å²) in [7, 11) is 1.78. The van der Waals surface area contributed by atoms with Crippen LogP contribution < -0.4 is 5.32 Å². The minimum Gasteiger partial charge on any atom is -0.352 e. The smallest absolute Gasteiger partial charge is 0.234 e. The second-order valence-electron chi connectivity index (χ2n) is 3.88. The number of amides is 1. The summed E-state index contributed by atoms with van der Waals surface area (Å²) in [5, 5.41) is 11.4. The van der Waals surface area contributed by atoms with Crippen LogP contribution >= 0.6 is 0 Å². The molecule has 0 bridgehead atoms. The van der Waals surface area contributed by atoms with Crippen molar-refractivity contribution in [3.05, 3.63) is 0 Å². The van der Waals surface area contributed by atoms with E-state index in [4.69, 9.17) is 5.26 Å². The van der Waals surface area contributed by atoms with Crippen molar-refractivity contribution in [1.82, 2.24) is 10.2 Å². The predicted molar refractivity (Wildman–Crippen MR) is 53.5 cm³/mol. The highest BCUT2D eigenvalue weighted by atomic mass is 16.2. The van der Waals surface area contributed by atoms with E-state index < -0.39 is 0 Å². The first-order valence-corrected chi connectivity index (χ1v) is 5.07. The number of nitrogens with one attached hydrogen (secondary N) is 1. The summed E-state index contributed by atoms with van der Waals surface area (Å²) < 4.78 is 0. The van der Waals surface area contributed by atoms with Gasteiger partial charge in [-0.25, -0.2) is 0 Å². The second kappa shape index (κ2) is 5.61. The lowest BCUT2D eigenvalue weighted by atomic mass is 10.2. The maximum absolute atomic E-state index is 11.4. The van der Waals surface area contributed by atoms with Gasteiger partial charge in [-0.3, -0.25) is 9.69 Å². The molecule has 0 unspecified atom stereocenters. The van der Waals surface area contributed by atoms with E-state index in [1.807, 2.05) is 6.07 Å². The minimum absolute atomic E-state index is 0.0367. The van der Waals surface area contributed by atoms with Crippen molar-refractivity contribution in [2.24, 2.45) is 0 Å². The third-order valence-corrected chi connectivity index (χ3v) is 2.47. The van der Waals surface area contributed by atoms with Gasteiger partial charge in [-0.1, -0.05) is 12.8 Å². The Bertz CT molecular complexity index is 228. The number of likely N-dealkylation sites (N-methyl/N-ethyl adjacent to an activating group) is 1. The van der Waals surface area contributed by atoms with E-state index in [0.717, 1.165) is 12.8 Å². The highest BCUT2D eigenvalue weighted by Crippen LogP contribution is 2.17. The third-order valence-electron chi connectivity index (χ3n) is 2.47. The molecular formula is C10H17N3O. The number of hydrogen-bond acceptors (Lipinski definition) is 3. The van der Waals surface area contributed by atoms with Crippen LogP contribution in [-0.2, 0) is 4.79 Å². The molecule has 14 heavy (non-hydrogen) atoms.